The molecule has 0 bridgehead atoms. The maximum absolute atomic E-state index is 11.6. The van der Waals surface area contributed by atoms with Gasteiger partial charge in [0.1, 0.15) is 0 Å². The normalized spacial score (nSPS) is 20.1. The lowest BCUT2D eigenvalue weighted by Crippen LogP contribution is -2.25. The van der Waals surface area contributed by atoms with Gasteiger partial charge in [0.25, 0.3) is 0 Å². The number of sulfonamides is 1. The summed E-state index contributed by atoms with van der Waals surface area (Å²) in [6, 6.07) is 5.50. The van der Waals surface area contributed by atoms with Crippen molar-refractivity contribution in [2.45, 2.75) is 13.0 Å². The Bertz CT molecular complexity index is 502. The number of halogens is 1. The van der Waals surface area contributed by atoms with Crippen LogP contribution in [0.1, 0.15) is 12.0 Å². The van der Waals surface area contributed by atoms with E-state index in [0.29, 0.717) is 25.2 Å². The zero-order valence-electron chi connectivity index (χ0n) is 8.69. The molecule has 1 fully saturated rings. The molecule has 1 aliphatic heterocycles. The molecule has 0 saturated carbocycles. The monoisotopic (exact) mass is 304 g/mol. The summed E-state index contributed by atoms with van der Waals surface area (Å²) >= 11 is 3.38. The summed E-state index contributed by atoms with van der Waals surface area (Å²) < 4.78 is 25.6. The first-order valence-corrected chi connectivity index (χ1v) is 7.41. The molecule has 4 nitrogen and oxygen atoms in total. The van der Waals surface area contributed by atoms with E-state index in [4.69, 9.17) is 5.73 Å². The Hall–Kier alpha value is -0.590. The van der Waals surface area contributed by atoms with E-state index in [1.807, 2.05) is 12.1 Å². The van der Waals surface area contributed by atoms with E-state index in [9.17, 15) is 8.42 Å². The average molecular weight is 305 g/mol. The Morgan fingerprint density at radius 3 is 2.81 bits per heavy atom. The van der Waals surface area contributed by atoms with Crippen molar-refractivity contribution < 1.29 is 8.42 Å². The molecule has 88 valence electrons. The fraction of sp³-hybridized carbons (Fsp3) is 0.400. The van der Waals surface area contributed by atoms with E-state index >= 15 is 0 Å². The van der Waals surface area contributed by atoms with Gasteiger partial charge < -0.3 is 5.73 Å². The number of hydrogen-bond acceptors (Lipinski definition) is 3. The summed E-state index contributed by atoms with van der Waals surface area (Å²) in [6.07, 6.45) is 0.711. The molecule has 0 atom stereocenters. The molecule has 16 heavy (non-hydrogen) atoms. The van der Waals surface area contributed by atoms with Crippen molar-refractivity contribution in [2.75, 3.05) is 18.0 Å². The Labute approximate surface area is 104 Å². The highest BCUT2D eigenvalue weighted by molar-refractivity contribution is 9.10. The minimum absolute atomic E-state index is 0.257. The van der Waals surface area contributed by atoms with Crippen LogP contribution in [0.4, 0.5) is 5.69 Å². The summed E-state index contributed by atoms with van der Waals surface area (Å²) in [5.41, 5.74) is 7.29. The van der Waals surface area contributed by atoms with Crippen molar-refractivity contribution in [3.05, 3.63) is 28.2 Å². The predicted molar refractivity (Wildman–Crippen MR) is 67.4 cm³/mol. The summed E-state index contributed by atoms with van der Waals surface area (Å²) in [5, 5.41) is 0. The van der Waals surface area contributed by atoms with Crippen LogP contribution in [-0.4, -0.2) is 25.0 Å². The fourth-order valence-electron chi connectivity index (χ4n) is 1.78. The quantitative estimate of drug-likeness (QED) is 0.844. The fourth-order valence-corrected chi connectivity index (χ4v) is 3.67. The van der Waals surface area contributed by atoms with Crippen LogP contribution in [-0.2, 0) is 16.6 Å². The van der Waals surface area contributed by atoms with Crippen molar-refractivity contribution in [1.29, 1.82) is 0 Å². The van der Waals surface area contributed by atoms with Crippen LogP contribution < -0.4 is 5.73 Å². The summed E-state index contributed by atoms with van der Waals surface area (Å²) in [6.45, 7) is 0.998. The minimum atomic E-state index is -3.04. The van der Waals surface area contributed by atoms with Gasteiger partial charge in [-0.1, -0.05) is 12.1 Å². The number of nitrogens with zero attached hydrogens (tertiary/aromatic N) is 1. The van der Waals surface area contributed by atoms with Crippen LogP contribution in [0.2, 0.25) is 0 Å². The van der Waals surface area contributed by atoms with E-state index in [1.54, 1.807) is 6.07 Å². The van der Waals surface area contributed by atoms with Gasteiger partial charge in [-0.2, -0.15) is 4.31 Å². The number of nitrogen functional groups attached to an aromatic ring is 1. The van der Waals surface area contributed by atoms with E-state index in [0.717, 1.165) is 10.0 Å². The zero-order chi connectivity index (χ0) is 11.8. The van der Waals surface area contributed by atoms with Crippen molar-refractivity contribution in [3.8, 4) is 0 Å². The highest BCUT2D eigenvalue weighted by atomic mass is 79.9. The maximum Gasteiger partial charge on any atom is 0.214 e. The molecule has 0 radical (unpaired) electrons. The van der Waals surface area contributed by atoms with E-state index in [2.05, 4.69) is 15.9 Å². The number of anilines is 1. The van der Waals surface area contributed by atoms with Crippen LogP contribution in [0, 0.1) is 0 Å². The third-order valence-corrected chi connectivity index (χ3v) is 5.53. The van der Waals surface area contributed by atoms with Gasteiger partial charge in [0.15, 0.2) is 0 Å². The Morgan fingerprint density at radius 2 is 2.19 bits per heavy atom. The van der Waals surface area contributed by atoms with Crippen LogP contribution in [0.3, 0.4) is 0 Å². The van der Waals surface area contributed by atoms with Crippen LogP contribution in [0.25, 0.3) is 0 Å². The van der Waals surface area contributed by atoms with Crippen LogP contribution in [0.5, 0.6) is 0 Å². The second kappa shape index (κ2) is 4.35. The molecular weight excluding hydrogens is 292 g/mol. The highest BCUT2D eigenvalue weighted by Crippen LogP contribution is 2.27. The molecule has 0 aliphatic carbocycles. The van der Waals surface area contributed by atoms with Crippen molar-refractivity contribution in [3.63, 3.8) is 0 Å². The van der Waals surface area contributed by atoms with Gasteiger partial charge in [-0.25, -0.2) is 8.42 Å². The number of benzene rings is 1. The molecular formula is C10H13BrN2O2S. The van der Waals surface area contributed by atoms with Crippen molar-refractivity contribution >= 4 is 31.6 Å². The summed E-state index contributed by atoms with van der Waals surface area (Å²) in [5.74, 6) is 0.257. The van der Waals surface area contributed by atoms with Crippen LogP contribution >= 0.6 is 15.9 Å². The predicted octanol–water partition coefficient (Wildman–Crippen LogP) is 1.57. The minimum Gasteiger partial charge on any atom is -0.398 e. The molecule has 2 N–H and O–H groups in total. The van der Waals surface area contributed by atoms with Crippen molar-refractivity contribution in [2.24, 2.45) is 0 Å². The van der Waals surface area contributed by atoms with Gasteiger partial charge in [-0.3, -0.25) is 0 Å². The molecule has 0 spiro atoms. The lowest BCUT2D eigenvalue weighted by Gasteiger charge is -2.15. The van der Waals surface area contributed by atoms with Gasteiger partial charge >= 0.3 is 0 Å². The Kier molecular flexibility index (Phi) is 3.23. The molecule has 0 amide bonds. The summed E-state index contributed by atoms with van der Waals surface area (Å²) in [7, 11) is -3.04. The molecule has 0 unspecified atom stereocenters. The molecule has 1 aromatic carbocycles. The third-order valence-electron chi connectivity index (χ3n) is 2.66. The maximum atomic E-state index is 11.6. The van der Waals surface area contributed by atoms with Gasteiger partial charge in [0.2, 0.25) is 10.0 Å². The molecule has 1 heterocycles. The van der Waals surface area contributed by atoms with Crippen molar-refractivity contribution in [1.82, 2.24) is 4.31 Å². The van der Waals surface area contributed by atoms with E-state index < -0.39 is 10.0 Å². The molecule has 0 aromatic heterocycles. The Balaban J connectivity index is 2.25. The average Bonchev–Trinajstić information content (AvgIpc) is 2.54. The lowest BCUT2D eigenvalue weighted by atomic mass is 10.2. The Morgan fingerprint density at radius 1 is 1.44 bits per heavy atom. The largest absolute Gasteiger partial charge is 0.398 e. The second-order valence-corrected chi connectivity index (χ2v) is 6.70. The van der Waals surface area contributed by atoms with Gasteiger partial charge in [-0.05, 0) is 34.0 Å². The number of nitrogens with two attached hydrogens (primary N) is 1. The molecule has 2 rings (SSSR count). The SMILES string of the molecule is Nc1cccc(CN2CCCS2(=O)=O)c1Br. The third kappa shape index (κ3) is 2.23. The first-order valence-electron chi connectivity index (χ1n) is 5.01. The topological polar surface area (TPSA) is 63.4 Å². The van der Waals surface area contributed by atoms with E-state index in [-0.39, 0.29) is 5.75 Å². The molecule has 1 aliphatic rings. The van der Waals surface area contributed by atoms with Crippen LogP contribution in [0.15, 0.2) is 22.7 Å². The van der Waals surface area contributed by atoms with Gasteiger partial charge in [0, 0.05) is 23.2 Å². The zero-order valence-corrected chi connectivity index (χ0v) is 11.1. The molecule has 1 aromatic rings. The number of rotatable bonds is 2. The number of hydrogen-bond donors (Lipinski definition) is 1. The standard InChI is InChI=1S/C10H13BrN2O2S/c11-10-8(3-1-4-9(10)12)7-13-5-2-6-16(13,14)15/h1,3-4H,2,5-7,12H2. The first kappa shape index (κ1) is 11.9. The van der Waals surface area contributed by atoms with E-state index in [1.165, 1.54) is 4.31 Å². The molecule has 1 saturated heterocycles. The summed E-state index contributed by atoms with van der Waals surface area (Å²) in [4.78, 5) is 0. The second-order valence-electron chi connectivity index (χ2n) is 3.82. The lowest BCUT2D eigenvalue weighted by molar-refractivity contribution is 0.439. The highest BCUT2D eigenvalue weighted by Gasteiger charge is 2.28. The smallest absolute Gasteiger partial charge is 0.214 e. The molecule has 6 heteroatoms. The van der Waals surface area contributed by atoms with Gasteiger partial charge in [-0.15, -0.1) is 0 Å². The van der Waals surface area contributed by atoms with Gasteiger partial charge in [0.05, 0.1) is 5.75 Å². The first-order chi connectivity index (χ1) is 7.50.